The number of H-pyrrole nitrogens is 1. The first-order valence-corrected chi connectivity index (χ1v) is 8.72. The zero-order valence-electron chi connectivity index (χ0n) is 13.9. The number of nitrogens with zero attached hydrogens (tertiary/aromatic N) is 3. The number of hydrogen-bond donors (Lipinski definition) is 2. The Morgan fingerprint density at radius 3 is 2.92 bits per heavy atom. The van der Waals surface area contributed by atoms with Crippen LogP contribution in [0.1, 0.15) is 24.2 Å². The van der Waals surface area contributed by atoms with Crippen molar-refractivity contribution in [3.8, 4) is 0 Å². The zero-order valence-corrected chi connectivity index (χ0v) is 14.7. The molecule has 0 bridgehead atoms. The standard InChI is InChI=1S/C17H23N5OS/c1-21-15(19-20-17(21)24)9-10-18-16(23)14-8-5-11-22(14)12-13-6-3-2-4-7-13/h2-4,6-7,14H,5,8-12H2,1H3,(H,18,23)(H,20,24). The van der Waals surface area contributed by atoms with Crippen LogP contribution in [0.25, 0.3) is 0 Å². The summed E-state index contributed by atoms with van der Waals surface area (Å²) in [6.45, 7) is 2.37. The highest BCUT2D eigenvalue weighted by molar-refractivity contribution is 7.71. The molecule has 3 rings (SSSR count). The molecule has 1 fully saturated rings. The Kier molecular flexibility index (Phi) is 5.42. The second-order valence-electron chi connectivity index (χ2n) is 6.16. The van der Waals surface area contributed by atoms with Crippen LogP contribution in [-0.4, -0.2) is 44.7 Å². The van der Waals surface area contributed by atoms with Gasteiger partial charge in [-0.25, -0.2) is 0 Å². The largest absolute Gasteiger partial charge is 0.354 e. The lowest BCUT2D eigenvalue weighted by atomic mass is 10.1. The molecule has 0 radical (unpaired) electrons. The maximum absolute atomic E-state index is 12.5. The van der Waals surface area contributed by atoms with Crippen LogP contribution in [0.5, 0.6) is 0 Å². The van der Waals surface area contributed by atoms with Gasteiger partial charge in [0.2, 0.25) is 5.91 Å². The van der Waals surface area contributed by atoms with Crippen LogP contribution in [0.3, 0.4) is 0 Å². The second kappa shape index (κ2) is 7.72. The highest BCUT2D eigenvalue weighted by atomic mass is 32.1. The van der Waals surface area contributed by atoms with Gasteiger partial charge in [-0.2, -0.15) is 5.10 Å². The lowest BCUT2D eigenvalue weighted by Gasteiger charge is -2.23. The van der Waals surface area contributed by atoms with E-state index in [9.17, 15) is 4.79 Å². The molecule has 0 spiro atoms. The summed E-state index contributed by atoms with van der Waals surface area (Å²) in [7, 11) is 1.88. The topological polar surface area (TPSA) is 66.0 Å². The van der Waals surface area contributed by atoms with Crippen molar-refractivity contribution in [3.63, 3.8) is 0 Å². The molecular formula is C17H23N5OS. The van der Waals surface area contributed by atoms with E-state index in [4.69, 9.17) is 12.2 Å². The van der Waals surface area contributed by atoms with E-state index in [0.29, 0.717) is 17.7 Å². The maximum Gasteiger partial charge on any atom is 0.237 e. The van der Waals surface area contributed by atoms with E-state index >= 15 is 0 Å². The average molecular weight is 345 g/mol. The smallest absolute Gasteiger partial charge is 0.237 e. The van der Waals surface area contributed by atoms with Crippen LogP contribution >= 0.6 is 12.2 Å². The molecule has 2 N–H and O–H groups in total. The molecule has 1 aromatic carbocycles. The summed E-state index contributed by atoms with van der Waals surface area (Å²) in [6, 6.07) is 10.3. The number of benzene rings is 1. The van der Waals surface area contributed by atoms with Crippen molar-refractivity contribution in [2.75, 3.05) is 13.1 Å². The molecule has 24 heavy (non-hydrogen) atoms. The molecule has 2 heterocycles. The molecule has 1 aliphatic heterocycles. The van der Waals surface area contributed by atoms with Crippen molar-refractivity contribution in [2.45, 2.75) is 31.8 Å². The van der Waals surface area contributed by atoms with Crippen LogP contribution < -0.4 is 5.32 Å². The van der Waals surface area contributed by atoms with Gasteiger partial charge >= 0.3 is 0 Å². The summed E-state index contributed by atoms with van der Waals surface area (Å²) in [6.07, 6.45) is 2.66. The molecule has 1 unspecified atom stereocenters. The van der Waals surface area contributed by atoms with Gasteiger partial charge in [-0.15, -0.1) is 0 Å². The molecule has 1 aliphatic rings. The van der Waals surface area contributed by atoms with Gasteiger partial charge in [0.05, 0.1) is 6.04 Å². The quantitative estimate of drug-likeness (QED) is 0.784. The fourth-order valence-electron chi connectivity index (χ4n) is 3.15. The maximum atomic E-state index is 12.5. The van der Waals surface area contributed by atoms with Crippen LogP contribution in [0, 0.1) is 4.77 Å². The summed E-state index contributed by atoms with van der Waals surface area (Å²) in [4.78, 5) is 14.8. The number of carbonyl (C=O) groups excluding carboxylic acids is 1. The summed E-state index contributed by atoms with van der Waals surface area (Å²) < 4.78 is 2.43. The lowest BCUT2D eigenvalue weighted by Crippen LogP contribution is -2.43. The van der Waals surface area contributed by atoms with Crippen LogP contribution in [0.2, 0.25) is 0 Å². The van der Waals surface area contributed by atoms with Crippen LogP contribution in [0.4, 0.5) is 0 Å². The molecular weight excluding hydrogens is 322 g/mol. The third kappa shape index (κ3) is 3.91. The zero-order chi connectivity index (χ0) is 16.9. The Morgan fingerprint density at radius 2 is 2.21 bits per heavy atom. The number of carbonyl (C=O) groups is 1. The Bertz CT molecular complexity index is 739. The SMILES string of the molecule is Cn1c(CCNC(=O)C2CCCN2Cc2ccccc2)n[nH]c1=S. The van der Waals surface area contributed by atoms with Gasteiger partial charge in [-0.05, 0) is 37.2 Å². The first-order chi connectivity index (χ1) is 11.6. The normalized spacial score (nSPS) is 18.0. The fourth-order valence-corrected chi connectivity index (χ4v) is 3.30. The van der Waals surface area contributed by atoms with E-state index in [1.807, 2.05) is 29.8 Å². The number of aromatic nitrogens is 3. The van der Waals surface area contributed by atoms with Crippen molar-refractivity contribution in [1.82, 2.24) is 25.0 Å². The van der Waals surface area contributed by atoms with E-state index in [1.165, 1.54) is 5.56 Å². The fraction of sp³-hybridized carbons (Fsp3) is 0.471. The van der Waals surface area contributed by atoms with E-state index < -0.39 is 0 Å². The first-order valence-electron chi connectivity index (χ1n) is 8.31. The van der Waals surface area contributed by atoms with Gasteiger partial charge in [0.25, 0.3) is 0 Å². The van der Waals surface area contributed by atoms with Crippen molar-refractivity contribution in [3.05, 3.63) is 46.5 Å². The molecule has 1 saturated heterocycles. The van der Waals surface area contributed by atoms with Gasteiger partial charge in [0, 0.05) is 26.6 Å². The number of likely N-dealkylation sites (tertiary alicyclic amines) is 1. The molecule has 128 valence electrons. The van der Waals surface area contributed by atoms with Gasteiger partial charge < -0.3 is 9.88 Å². The van der Waals surface area contributed by atoms with Crippen LogP contribution in [-0.2, 0) is 24.8 Å². The number of aromatic amines is 1. The molecule has 6 nitrogen and oxygen atoms in total. The highest BCUT2D eigenvalue weighted by Gasteiger charge is 2.30. The minimum absolute atomic E-state index is 0.0346. The number of nitrogens with one attached hydrogen (secondary N) is 2. The van der Waals surface area contributed by atoms with Crippen molar-refractivity contribution in [2.24, 2.45) is 7.05 Å². The summed E-state index contributed by atoms with van der Waals surface area (Å²) in [5, 5.41) is 9.97. The van der Waals surface area contributed by atoms with Crippen molar-refractivity contribution < 1.29 is 4.79 Å². The summed E-state index contributed by atoms with van der Waals surface area (Å²) in [5.74, 6) is 0.966. The Balaban J connectivity index is 1.52. The van der Waals surface area contributed by atoms with Gasteiger partial charge in [0.15, 0.2) is 4.77 Å². The molecule has 7 heteroatoms. The number of hydrogen-bond acceptors (Lipinski definition) is 4. The Morgan fingerprint density at radius 1 is 1.42 bits per heavy atom. The predicted molar refractivity (Wildman–Crippen MR) is 95.0 cm³/mol. The minimum atomic E-state index is -0.0346. The van der Waals surface area contributed by atoms with Gasteiger partial charge in [-0.3, -0.25) is 14.8 Å². The first kappa shape index (κ1) is 16.9. The van der Waals surface area contributed by atoms with Crippen LogP contribution in [0.15, 0.2) is 30.3 Å². The van der Waals surface area contributed by atoms with Gasteiger partial charge in [0.1, 0.15) is 5.82 Å². The third-order valence-corrected chi connectivity index (χ3v) is 4.88. The third-order valence-electron chi connectivity index (χ3n) is 4.52. The van der Waals surface area contributed by atoms with E-state index in [2.05, 4.69) is 32.5 Å². The predicted octanol–water partition coefficient (Wildman–Crippen LogP) is 1.80. The second-order valence-corrected chi connectivity index (χ2v) is 6.55. The minimum Gasteiger partial charge on any atom is -0.354 e. The van der Waals surface area contributed by atoms with E-state index in [1.54, 1.807) is 0 Å². The monoisotopic (exact) mass is 345 g/mol. The summed E-state index contributed by atoms with van der Waals surface area (Å²) >= 11 is 5.09. The lowest BCUT2D eigenvalue weighted by molar-refractivity contribution is -0.125. The summed E-state index contributed by atoms with van der Waals surface area (Å²) in [5.41, 5.74) is 1.25. The van der Waals surface area contributed by atoms with Crippen molar-refractivity contribution >= 4 is 18.1 Å². The van der Waals surface area contributed by atoms with Gasteiger partial charge in [-0.1, -0.05) is 30.3 Å². The van der Waals surface area contributed by atoms with E-state index in [0.717, 1.165) is 31.8 Å². The number of rotatable bonds is 6. The van der Waals surface area contributed by atoms with Crippen molar-refractivity contribution in [1.29, 1.82) is 0 Å². The molecule has 2 aromatic rings. The highest BCUT2D eigenvalue weighted by Crippen LogP contribution is 2.20. The van der Waals surface area contributed by atoms with E-state index in [-0.39, 0.29) is 11.9 Å². The molecule has 1 aromatic heterocycles. The Hall–Kier alpha value is -1.99. The number of amides is 1. The molecule has 0 aliphatic carbocycles. The molecule has 1 amide bonds. The Labute approximate surface area is 146 Å². The molecule has 1 atom stereocenters. The average Bonchev–Trinajstić information content (AvgIpc) is 3.17. The molecule has 0 saturated carbocycles.